The predicted octanol–water partition coefficient (Wildman–Crippen LogP) is 0.934. The molecule has 1 aliphatic heterocycles. The minimum Gasteiger partial charge on any atom is -0.494 e. The Balaban J connectivity index is 2.03. The number of benzene rings is 1. The Morgan fingerprint density at radius 2 is 2.10 bits per heavy atom. The molecule has 0 spiro atoms. The van der Waals surface area contributed by atoms with Gasteiger partial charge in [-0.3, -0.25) is 14.3 Å². The van der Waals surface area contributed by atoms with Gasteiger partial charge in [-0.15, -0.1) is 0 Å². The number of aromatic nitrogens is 2. The number of rotatable bonds is 6. The van der Waals surface area contributed by atoms with E-state index in [4.69, 9.17) is 17.0 Å². The van der Waals surface area contributed by atoms with Crippen LogP contribution in [0.15, 0.2) is 45.0 Å². The molecule has 1 aliphatic rings. The van der Waals surface area contributed by atoms with Gasteiger partial charge in [-0.25, -0.2) is 9.80 Å². The van der Waals surface area contributed by atoms with Crippen molar-refractivity contribution in [3.8, 4) is 5.88 Å². The summed E-state index contributed by atoms with van der Waals surface area (Å²) in [5, 5.41) is 20.1. The van der Waals surface area contributed by atoms with Crippen molar-refractivity contribution in [2.24, 2.45) is 5.10 Å². The topological polar surface area (TPSA) is 112 Å². The molecule has 0 saturated heterocycles. The van der Waals surface area contributed by atoms with Crippen LogP contribution in [0.5, 0.6) is 5.88 Å². The van der Waals surface area contributed by atoms with Gasteiger partial charge < -0.3 is 15.2 Å². The number of hydrogen-bond acceptors (Lipinski definition) is 6. The summed E-state index contributed by atoms with van der Waals surface area (Å²) in [6.07, 6.45) is 0.850. The van der Waals surface area contributed by atoms with Crippen LogP contribution >= 0.6 is 12.2 Å². The van der Waals surface area contributed by atoms with Gasteiger partial charge >= 0.3 is 5.69 Å². The summed E-state index contributed by atoms with van der Waals surface area (Å²) in [5.74, 6) is -0.405. The monoisotopic (exact) mass is 417 g/mol. The molecular formula is C19H23N5O4S. The zero-order valence-electron chi connectivity index (χ0n) is 16.2. The second-order valence-corrected chi connectivity index (χ2v) is 6.92. The second kappa shape index (κ2) is 9.01. The summed E-state index contributed by atoms with van der Waals surface area (Å²) in [6.45, 7) is 0.623. The molecule has 10 heteroatoms. The summed E-state index contributed by atoms with van der Waals surface area (Å²) in [7, 11) is 3.25. The average Bonchev–Trinajstić information content (AvgIpc) is 3.15. The van der Waals surface area contributed by atoms with Crippen molar-refractivity contribution in [3.63, 3.8) is 0 Å². The molecule has 0 amide bonds. The van der Waals surface area contributed by atoms with Gasteiger partial charge in [0, 0.05) is 33.7 Å². The van der Waals surface area contributed by atoms with Crippen molar-refractivity contribution >= 4 is 23.0 Å². The van der Waals surface area contributed by atoms with Gasteiger partial charge in [0.2, 0.25) is 5.88 Å². The summed E-state index contributed by atoms with van der Waals surface area (Å²) in [5.41, 5.74) is -0.0559. The van der Waals surface area contributed by atoms with E-state index in [-0.39, 0.29) is 18.2 Å². The first-order chi connectivity index (χ1) is 14.0. The van der Waals surface area contributed by atoms with E-state index >= 15 is 0 Å². The normalized spacial score (nSPS) is 16.0. The molecule has 154 valence electrons. The number of H-pyrrole nitrogens is 1. The van der Waals surface area contributed by atoms with Gasteiger partial charge in [0.1, 0.15) is 5.56 Å². The highest BCUT2D eigenvalue weighted by Gasteiger charge is 2.34. The fourth-order valence-electron chi connectivity index (χ4n) is 3.29. The van der Waals surface area contributed by atoms with E-state index in [0.29, 0.717) is 30.3 Å². The lowest BCUT2D eigenvalue weighted by atomic mass is 9.99. The lowest BCUT2D eigenvalue weighted by molar-refractivity contribution is 0.188. The molecule has 2 aromatic rings. The second-order valence-electron chi connectivity index (χ2n) is 6.53. The summed E-state index contributed by atoms with van der Waals surface area (Å²) < 4.78 is 6.11. The lowest BCUT2D eigenvalue weighted by Gasteiger charge is -2.23. The Morgan fingerprint density at radius 3 is 2.76 bits per heavy atom. The van der Waals surface area contributed by atoms with Crippen LogP contribution in [0.4, 0.5) is 0 Å². The summed E-state index contributed by atoms with van der Waals surface area (Å²) in [4.78, 5) is 26.9. The Labute approximate surface area is 172 Å². The molecule has 0 bridgehead atoms. The molecule has 29 heavy (non-hydrogen) atoms. The predicted molar refractivity (Wildman–Crippen MR) is 113 cm³/mol. The van der Waals surface area contributed by atoms with Gasteiger partial charge in [-0.1, -0.05) is 30.3 Å². The Bertz CT molecular complexity index is 1030. The number of nitrogens with one attached hydrogen (secondary N) is 2. The van der Waals surface area contributed by atoms with E-state index in [1.54, 1.807) is 19.2 Å². The molecule has 9 nitrogen and oxygen atoms in total. The van der Waals surface area contributed by atoms with E-state index in [1.807, 2.05) is 30.3 Å². The maximum absolute atomic E-state index is 12.5. The van der Waals surface area contributed by atoms with Crippen LogP contribution in [-0.4, -0.2) is 51.3 Å². The maximum Gasteiger partial charge on any atom is 0.331 e. The van der Waals surface area contributed by atoms with E-state index in [0.717, 1.165) is 10.1 Å². The van der Waals surface area contributed by atoms with E-state index in [2.05, 4.69) is 15.4 Å². The standard InChI is InChI=1S/C19H23N5O4S/c1-20-19(29)24-14(12-7-4-3-5-8-12)11-13(22-24)15-16(25)21-18(27)23(17(15)26)9-6-10-28-2/h3-5,7-8,14,26H,6,9-11H2,1-2H3,(H,20,29)(H,21,25,27). The van der Waals surface area contributed by atoms with Crippen LogP contribution in [0, 0.1) is 0 Å². The summed E-state index contributed by atoms with van der Waals surface area (Å²) >= 11 is 5.37. The van der Waals surface area contributed by atoms with Crippen LogP contribution in [0.1, 0.15) is 30.0 Å². The number of nitrogens with zero attached hydrogens (tertiary/aromatic N) is 3. The molecular weight excluding hydrogens is 394 g/mol. The number of methoxy groups -OCH3 is 1. The van der Waals surface area contributed by atoms with Gasteiger partial charge in [-0.2, -0.15) is 5.10 Å². The zero-order valence-corrected chi connectivity index (χ0v) is 17.0. The smallest absolute Gasteiger partial charge is 0.331 e. The number of thiocarbonyl (C=S) groups is 1. The quantitative estimate of drug-likeness (QED) is 0.474. The van der Waals surface area contributed by atoms with Crippen LogP contribution in [0.3, 0.4) is 0 Å². The third kappa shape index (κ3) is 4.22. The molecule has 0 fully saturated rings. The molecule has 0 aliphatic carbocycles. The number of hydrogen-bond donors (Lipinski definition) is 3. The third-order valence-corrected chi connectivity index (χ3v) is 5.10. The molecule has 0 radical (unpaired) electrons. The Morgan fingerprint density at radius 1 is 1.38 bits per heavy atom. The highest BCUT2D eigenvalue weighted by molar-refractivity contribution is 7.80. The average molecular weight is 417 g/mol. The first-order valence-electron chi connectivity index (χ1n) is 9.16. The molecule has 1 aromatic carbocycles. The van der Waals surface area contributed by atoms with Crippen LogP contribution in [0.25, 0.3) is 0 Å². The van der Waals surface area contributed by atoms with Gasteiger partial charge in [0.05, 0.1) is 11.8 Å². The fourth-order valence-corrected chi connectivity index (χ4v) is 3.46. The molecule has 2 heterocycles. The first-order valence-corrected chi connectivity index (χ1v) is 9.57. The SMILES string of the molecule is CNC(=S)N1N=C(c2c(O)n(CCCOC)c(=O)[nH]c2=O)CC1c1ccccc1. The molecule has 1 atom stereocenters. The van der Waals surface area contributed by atoms with Crippen LogP contribution in [-0.2, 0) is 11.3 Å². The Kier molecular flexibility index (Phi) is 6.45. The lowest BCUT2D eigenvalue weighted by Crippen LogP contribution is -2.34. The van der Waals surface area contributed by atoms with Gasteiger partial charge in [0.15, 0.2) is 5.11 Å². The number of hydrazone groups is 1. The van der Waals surface area contributed by atoms with Crippen molar-refractivity contribution < 1.29 is 9.84 Å². The van der Waals surface area contributed by atoms with Crippen molar-refractivity contribution in [3.05, 3.63) is 62.3 Å². The van der Waals surface area contributed by atoms with Crippen LogP contribution in [0.2, 0.25) is 0 Å². The van der Waals surface area contributed by atoms with Crippen molar-refractivity contribution in [1.29, 1.82) is 0 Å². The van der Waals surface area contributed by atoms with Gasteiger partial charge in [0.25, 0.3) is 5.56 Å². The van der Waals surface area contributed by atoms with E-state index in [9.17, 15) is 14.7 Å². The maximum atomic E-state index is 12.5. The van der Waals surface area contributed by atoms with Crippen molar-refractivity contribution in [1.82, 2.24) is 19.9 Å². The molecule has 3 rings (SSSR count). The fraction of sp³-hybridized carbons (Fsp3) is 0.368. The zero-order chi connectivity index (χ0) is 21.0. The number of aromatic amines is 1. The third-order valence-electron chi connectivity index (χ3n) is 4.71. The van der Waals surface area contributed by atoms with Gasteiger partial charge in [-0.05, 0) is 24.2 Å². The number of ether oxygens (including phenoxy) is 1. The molecule has 1 unspecified atom stereocenters. The summed E-state index contributed by atoms with van der Waals surface area (Å²) in [6, 6.07) is 9.39. The van der Waals surface area contributed by atoms with Crippen molar-refractivity contribution in [2.45, 2.75) is 25.4 Å². The van der Waals surface area contributed by atoms with Crippen molar-refractivity contribution in [2.75, 3.05) is 20.8 Å². The van der Waals surface area contributed by atoms with Crippen LogP contribution < -0.4 is 16.6 Å². The van der Waals surface area contributed by atoms with E-state index in [1.165, 1.54) is 0 Å². The Hall–Kier alpha value is -2.98. The largest absolute Gasteiger partial charge is 0.494 e. The molecule has 0 saturated carbocycles. The highest BCUT2D eigenvalue weighted by Crippen LogP contribution is 2.33. The highest BCUT2D eigenvalue weighted by atomic mass is 32.1. The minimum absolute atomic E-state index is 0.0237. The van der Waals surface area contributed by atoms with E-state index < -0.39 is 17.1 Å². The number of aromatic hydroxyl groups is 1. The molecule has 3 N–H and O–H groups in total. The first kappa shape index (κ1) is 20.7. The minimum atomic E-state index is -0.682. The molecule has 1 aromatic heterocycles.